The van der Waals surface area contributed by atoms with E-state index < -0.39 is 11.8 Å². The van der Waals surface area contributed by atoms with Crippen LogP contribution in [0.15, 0.2) is 36.4 Å². The van der Waals surface area contributed by atoms with Crippen LogP contribution in [0.5, 0.6) is 11.5 Å². The molecule has 0 radical (unpaired) electrons. The molecule has 0 aliphatic rings. The van der Waals surface area contributed by atoms with E-state index in [0.717, 1.165) is 6.42 Å². The molecule has 28 heavy (non-hydrogen) atoms. The molecule has 0 heterocycles. The Labute approximate surface area is 167 Å². The third kappa shape index (κ3) is 6.13. The first-order chi connectivity index (χ1) is 13.4. The van der Waals surface area contributed by atoms with Crippen LogP contribution in [0.2, 0.25) is 5.02 Å². The molecular formula is C20H22ClFN2O4. The summed E-state index contributed by atoms with van der Waals surface area (Å²) in [6.07, 6.45) is 0.791. The first-order valence-corrected chi connectivity index (χ1v) is 9.25. The van der Waals surface area contributed by atoms with Crippen molar-refractivity contribution in [3.63, 3.8) is 0 Å². The van der Waals surface area contributed by atoms with Gasteiger partial charge in [0.15, 0.2) is 11.5 Å². The predicted octanol–water partition coefficient (Wildman–Crippen LogP) is 3.67. The molecule has 0 saturated heterocycles. The number of amides is 2. The molecule has 150 valence electrons. The van der Waals surface area contributed by atoms with E-state index in [4.69, 9.17) is 21.1 Å². The number of rotatable bonds is 8. The summed E-state index contributed by atoms with van der Waals surface area (Å²) >= 11 is 6.23. The molecule has 0 fully saturated rings. The highest BCUT2D eigenvalue weighted by Crippen LogP contribution is 2.36. The van der Waals surface area contributed by atoms with Gasteiger partial charge in [0, 0.05) is 5.56 Å². The lowest BCUT2D eigenvalue weighted by Crippen LogP contribution is -2.42. The molecule has 0 atom stereocenters. The lowest BCUT2D eigenvalue weighted by atomic mass is 10.1. The van der Waals surface area contributed by atoms with Crippen LogP contribution >= 0.6 is 11.6 Å². The van der Waals surface area contributed by atoms with Crippen molar-refractivity contribution < 1.29 is 23.5 Å². The number of carbonyl (C=O) groups is 2. The minimum Gasteiger partial charge on any atom is -0.490 e. The Morgan fingerprint density at radius 3 is 2.43 bits per heavy atom. The Morgan fingerprint density at radius 1 is 1.07 bits per heavy atom. The Bertz CT molecular complexity index is 828. The SMILES string of the molecule is CCCOc1c(Cl)cc(C(=O)NNC(=O)Cc2ccc(F)cc2)cc1OCC. The maximum atomic E-state index is 12.9. The van der Waals surface area contributed by atoms with Crippen molar-refractivity contribution in [3.05, 3.63) is 58.4 Å². The molecule has 0 saturated carbocycles. The quantitative estimate of drug-likeness (QED) is 0.653. The summed E-state index contributed by atoms with van der Waals surface area (Å²) in [7, 11) is 0. The molecule has 0 bridgehead atoms. The smallest absolute Gasteiger partial charge is 0.269 e. The van der Waals surface area contributed by atoms with Gasteiger partial charge in [-0.25, -0.2) is 4.39 Å². The van der Waals surface area contributed by atoms with E-state index in [1.807, 2.05) is 6.92 Å². The molecule has 0 spiro atoms. The van der Waals surface area contributed by atoms with E-state index in [9.17, 15) is 14.0 Å². The minimum atomic E-state index is -0.558. The van der Waals surface area contributed by atoms with Crippen molar-refractivity contribution >= 4 is 23.4 Å². The fourth-order valence-corrected chi connectivity index (χ4v) is 2.60. The average molecular weight is 409 g/mol. The van der Waals surface area contributed by atoms with E-state index in [1.54, 1.807) is 6.92 Å². The molecular weight excluding hydrogens is 387 g/mol. The van der Waals surface area contributed by atoms with Gasteiger partial charge in [-0.05, 0) is 43.2 Å². The maximum absolute atomic E-state index is 12.9. The fraction of sp³-hybridized carbons (Fsp3) is 0.300. The maximum Gasteiger partial charge on any atom is 0.269 e. The second-order valence-corrected chi connectivity index (χ2v) is 6.28. The summed E-state index contributed by atoms with van der Waals surface area (Å²) in [6, 6.07) is 8.47. The zero-order valence-corrected chi connectivity index (χ0v) is 16.4. The van der Waals surface area contributed by atoms with Crippen LogP contribution in [0.4, 0.5) is 4.39 Å². The summed E-state index contributed by atoms with van der Waals surface area (Å²) < 4.78 is 24.0. The lowest BCUT2D eigenvalue weighted by molar-refractivity contribution is -0.121. The van der Waals surface area contributed by atoms with Gasteiger partial charge in [-0.15, -0.1) is 0 Å². The summed E-state index contributed by atoms with van der Waals surface area (Å²) in [6.45, 7) is 4.60. The van der Waals surface area contributed by atoms with Crippen LogP contribution in [-0.2, 0) is 11.2 Å². The largest absolute Gasteiger partial charge is 0.490 e. The van der Waals surface area contributed by atoms with Gasteiger partial charge in [-0.3, -0.25) is 20.4 Å². The minimum absolute atomic E-state index is 0.00466. The van der Waals surface area contributed by atoms with Gasteiger partial charge in [0.25, 0.3) is 5.91 Å². The van der Waals surface area contributed by atoms with Gasteiger partial charge in [-0.1, -0.05) is 30.7 Å². The standard InChI is InChI=1S/C20H22ClFN2O4/c1-3-9-28-19-16(21)11-14(12-17(19)27-4-2)20(26)24-23-18(25)10-13-5-7-15(22)8-6-13/h5-8,11-12H,3-4,9-10H2,1-2H3,(H,23,25)(H,24,26). The first kappa shape index (κ1) is 21.5. The van der Waals surface area contributed by atoms with Crippen molar-refractivity contribution in [2.24, 2.45) is 0 Å². The van der Waals surface area contributed by atoms with Crippen LogP contribution in [0.3, 0.4) is 0 Å². The van der Waals surface area contributed by atoms with E-state index in [1.165, 1.54) is 36.4 Å². The van der Waals surface area contributed by atoms with Gasteiger partial charge < -0.3 is 9.47 Å². The Balaban J connectivity index is 2.02. The second kappa shape index (κ2) is 10.5. The zero-order chi connectivity index (χ0) is 20.5. The summed E-state index contributed by atoms with van der Waals surface area (Å²) in [5.74, 6) is -0.657. The van der Waals surface area contributed by atoms with Gasteiger partial charge in [0.2, 0.25) is 5.91 Å². The Morgan fingerprint density at radius 2 is 1.79 bits per heavy atom. The molecule has 2 rings (SSSR count). The monoisotopic (exact) mass is 408 g/mol. The van der Waals surface area contributed by atoms with Crippen LogP contribution in [-0.4, -0.2) is 25.0 Å². The molecule has 2 amide bonds. The fourth-order valence-electron chi connectivity index (χ4n) is 2.34. The summed E-state index contributed by atoms with van der Waals surface area (Å²) in [4.78, 5) is 24.3. The summed E-state index contributed by atoms with van der Waals surface area (Å²) in [5, 5.41) is 0.238. The van der Waals surface area contributed by atoms with Gasteiger partial charge >= 0.3 is 0 Å². The molecule has 0 aliphatic carbocycles. The summed E-state index contributed by atoms with van der Waals surface area (Å²) in [5.41, 5.74) is 5.46. The highest BCUT2D eigenvalue weighted by atomic mass is 35.5. The number of benzene rings is 2. The van der Waals surface area contributed by atoms with Crippen LogP contribution in [0.25, 0.3) is 0 Å². The number of carbonyl (C=O) groups excluding carboxylic acids is 2. The molecule has 0 aliphatic heterocycles. The number of nitrogens with one attached hydrogen (secondary N) is 2. The average Bonchev–Trinajstić information content (AvgIpc) is 2.67. The Hall–Kier alpha value is -2.80. The normalized spacial score (nSPS) is 10.3. The topological polar surface area (TPSA) is 76.7 Å². The molecule has 0 unspecified atom stereocenters. The number of ether oxygens (including phenoxy) is 2. The van der Waals surface area contributed by atoms with Crippen molar-refractivity contribution in [1.82, 2.24) is 10.9 Å². The Kier molecular flexibility index (Phi) is 8.07. The first-order valence-electron chi connectivity index (χ1n) is 8.87. The van der Waals surface area contributed by atoms with Crippen molar-refractivity contribution in [2.75, 3.05) is 13.2 Å². The molecule has 2 aromatic rings. The molecule has 8 heteroatoms. The van der Waals surface area contributed by atoms with Gasteiger partial charge in [-0.2, -0.15) is 0 Å². The van der Waals surface area contributed by atoms with Crippen LogP contribution in [0, 0.1) is 5.82 Å². The molecule has 0 aromatic heterocycles. The highest BCUT2D eigenvalue weighted by molar-refractivity contribution is 6.32. The van der Waals surface area contributed by atoms with Crippen molar-refractivity contribution in [1.29, 1.82) is 0 Å². The molecule has 6 nitrogen and oxygen atoms in total. The zero-order valence-electron chi connectivity index (χ0n) is 15.7. The number of halogens is 2. The van der Waals surface area contributed by atoms with Gasteiger partial charge in [0.1, 0.15) is 5.82 Å². The predicted molar refractivity (Wildman–Crippen MR) is 104 cm³/mol. The van der Waals surface area contributed by atoms with E-state index in [-0.39, 0.29) is 22.8 Å². The highest BCUT2D eigenvalue weighted by Gasteiger charge is 2.17. The lowest BCUT2D eigenvalue weighted by Gasteiger charge is -2.15. The number of hydrogen-bond acceptors (Lipinski definition) is 4. The molecule has 2 N–H and O–H groups in total. The number of hydrazine groups is 1. The third-order valence-corrected chi connectivity index (χ3v) is 3.90. The van der Waals surface area contributed by atoms with Crippen LogP contribution < -0.4 is 20.3 Å². The van der Waals surface area contributed by atoms with E-state index in [0.29, 0.717) is 30.3 Å². The van der Waals surface area contributed by atoms with Crippen LogP contribution in [0.1, 0.15) is 36.2 Å². The van der Waals surface area contributed by atoms with Gasteiger partial charge in [0.05, 0.1) is 24.7 Å². The number of hydrogen-bond donors (Lipinski definition) is 2. The van der Waals surface area contributed by atoms with Crippen molar-refractivity contribution in [2.45, 2.75) is 26.7 Å². The van der Waals surface area contributed by atoms with E-state index >= 15 is 0 Å². The molecule has 2 aromatic carbocycles. The third-order valence-electron chi connectivity index (χ3n) is 3.62. The second-order valence-electron chi connectivity index (χ2n) is 5.87. The van der Waals surface area contributed by atoms with E-state index in [2.05, 4.69) is 10.9 Å². The van der Waals surface area contributed by atoms with Crippen molar-refractivity contribution in [3.8, 4) is 11.5 Å².